The number of nitrogens with one attached hydrogen (secondary N) is 1. The molecule has 2 N–H and O–H groups in total. The van der Waals surface area contributed by atoms with Crippen molar-refractivity contribution < 1.29 is 19.0 Å². The van der Waals surface area contributed by atoms with Crippen molar-refractivity contribution in [3.8, 4) is 17.0 Å². The minimum atomic E-state index is -1.45. The molecule has 0 aromatic carbocycles. The molecular formula is C26H31ClFN7O3. The first-order valence-electron chi connectivity index (χ1n) is 12.7. The molecule has 2 aliphatic heterocycles. The molecule has 0 radical (unpaired) electrons. The fourth-order valence-electron chi connectivity index (χ4n) is 4.55. The molecule has 0 aliphatic carbocycles. The normalized spacial score (nSPS) is 17.9. The van der Waals surface area contributed by atoms with E-state index in [2.05, 4.69) is 30.4 Å². The molecule has 6 heterocycles. The van der Waals surface area contributed by atoms with Crippen molar-refractivity contribution in [2.24, 2.45) is 0 Å². The Morgan fingerprint density at radius 3 is 2.63 bits per heavy atom. The predicted octanol–water partition coefficient (Wildman–Crippen LogP) is 3.77. The summed E-state index contributed by atoms with van der Waals surface area (Å²) < 4.78 is 25.7. The molecule has 10 nitrogen and oxygen atoms in total. The van der Waals surface area contributed by atoms with E-state index in [0.29, 0.717) is 33.2 Å². The van der Waals surface area contributed by atoms with Crippen LogP contribution in [0.1, 0.15) is 37.6 Å². The van der Waals surface area contributed by atoms with Crippen LogP contribution < -0.4 is 4.74 Å². The van der Waals surface area contributed by atoms with E-state index in [9.17, 15) is 9.50 Å². The van der Waals surface area contributed by atoms with Crippen LogP contribution in [-0.4, -0.2) is 79.0 Å². The number of fused-ring (bicyclic) bond motifs is 1. The number of pyridine rings is 2. The number of piperidine rings is 1. The number of ether oxygens (including phenoxy) is 2. The van der Waals surface area contributed by atoms with Crippen LogP contribution in [0.4, 0.5) is 4.39 Å². The third-order valence-electron chi connectivity index (χ3n) is 6.84. The van der Waals surface area contributed by atoms with Crippen LogP contribution in [0.15, 0.2) is 36.8 Å². The zero-order chi connectivity index (χ0) is 26.7. The number of aryl methyl sites for hydroxylation is 1. The highest BCUT2D eigenvalue weighted by molar-refractivity contribution is 6.34. The number of nitrogens with zero attached hydrogens (tertiary/aromatic N) is 6. The smallest absolute Gasteiger partial charge is 0.147 e. The van der Waals surface area contributed by atoms with Crippen molar-refractivity contribution >= 4 is 17.1 Å². The average Bonchev–Trinajstić information content (AvgIpc) is 3.48. The summed E-state index contributed by atoms with van der Waals surface area (Å²) >= 11 is 6.26. The molecule has 202 valence electrons. The average molecular weight is 544 g/mol. The fraction of sp³-hybridized carbons (Fsp3) is 0.462. The number of aliphatic hydroxyl groups is 1. The van der Waals surface area contributed by atoms with Crippen LogP contribution in [0.3, 0.4) is 0 Å². The van der Waals surface area contributed by atoms with E-state index >= 15 is 0 Å². The van der Waals surface area contributed by atoms with E-state index in [1.165, 1.54) is 57.6 Å². The predicted molar refractivity (Wildman–Crippen MR) is 140 cm³/mol. The molecule has 12 heteroatoms. The van der Waals surface area contributed by atoms with E-state index in [4.69, 9.17) is 21.1 Å². The first kappa shape index (κ1) is 26.5. The Balaban J connectivity index is 0.000000244. The third-order valence-corrected chi connectivity index (χ3v) is 7.12. The zero-order valence-electron chi connectivity index (χ0n) is 21.4. The van der Waals surface area contributed by atoms with Crippen LogP contribution >= 0.6 is 11.6 Å². The van der Waals surface area contributed by atoms with E-state index in [1.807, 2.05) is 6.92 Å². The molecule has 6 rings (SSSR count). The summed E-state index contributed by atoms with van der Waals surface area (Å²) in [5.74, 6) is -0.0753. The lowest BCUT2D eigenvalue weighted by molar-refractivity contribution is -0.0698. The Morgan fingerprint density at radius 1 is 1.21 bits per heavy atom. The molecule has 0 saturated carbocycles. The van der Waals surface area contributed by atoms with Gasteiger partial charge in [0.2, 0.25) is 0 Å². The summed E-state index contributed by atoms with van der Waals surface area (Å²) in [6.07, 6.45) is 8.54. The fourth-order valence-corrected chi connectivity index (χ4v) is 4.77. The Labute approximate surface area is 224 Å². The van der Waals surface area contributed by atoms with Gasteiger partial charge in [0.05, 0.1) is 48.1 Å². The summed E-state index contributed by atoms with van der Waals surface area (Å²) in [5.41, 5.74) is 1.46. The summed E-state index contributed by atoms with van der Waals surface area (Å²) in [5, 5.41) is 26.1. The Morgan fingerprint density at radius 2 is 2.00 bits per heavy atom. The maximum atomic E-state index is 13.1. The lowest BCUT2D eigenvalue weighted by Crippen LogP contribution is -2.50. The van der Waals surface area contributed by atoms with Gasteiger partial charge in [-0.3, -0.25) is 9.88 Å². The summed E-state index contributed by atoms with van der Waals surface area (Å²) in [6, 6.07) is 5.17. The Bertz CT molecular complexity index is 1370. The van der Waals surface area contributed by atoms with Crippen molar-refractivity contribution in [1.82, 2.24) is 34.9 Å². The minimum Gasteiger partial charge on any atom is -0.488 e. The molecule has 0 unspecified atom stereocenters. The minimum absolute atomic E-state index is 0.135. The van der Waals surface area contributed by atoms with Crippen molar-refractivity contribution in [2.75, 3.05) is 32.9 Å². The molecule has 38 heavy (non-hydrogen) atoms. The van der Waals surface area contributed by atoms with Crippen LogP contribution in [0.2, 0.25) is 5.02 Å². The van der Waals surface area contributed by atoms with Gasteiger partial charge in [-0.05, 0) is 58.0 Å². The van der Waals surface area contributed by atoms with Crippen molar-refractivity contribution in [1.29, 1.82) is 0 Å². The molecule has 2 saturated heterocycles. The zero-order valence-corrected chi connectivity index (χ0v) is 22.2. The van der Waals surface area contributed by atoms with Gasteiger partial charge in [0.25, 0.3) is 0 Å². The lowest BCUT2D eigenvalue weighted by Gasteiger charge is -2.39. The summed E-state index contributed by atoms with van der Waals surface area (Å²) in [4.78, 5) is 6.51. The second-order valence-electron chi connectivity index (χ2n) is 9.85. The second kappa shape index (κ2) is 11.3. The van der Waals surface area contributed by atoms with Gasteiger partial charge < -0.3 is 14.6 Å². The van der Waals surface area contributed by atoms with E-state index < -0.39 is 11.4 Å². The van der Waals surface area contributed by atoms with Crippen LogP contribution in [0.25, 0.3) is 16.8 Å². The first-order chi connectivity index (χ1) is 18.3. The number of halogens is 2. The summed E-state index contributed by atoms with van der Waals surface area (Å²) in [6.45, 7) is 7.82. The highest BCUT2D eigenvalue weighted by Crippen LogP contribution is 2.33. The third kappa shape index (κ3) is 5.80. The van der Waals surface area contributed by atoms with Gasteiger partial charge in [0.15, 0.2) is 0 Å². The van der Waals surface area contributed by atoms with Gasteiger partial charge in [-0.25, -0.2) is 8.91 Å². The Hall–Kier alpha value is -3.12. The van der Waals surface area contributed by atoms with Crippen molar-refractivity contribution in [2.45, 2.75) is 44.8 Å². The lowest BCUT2D eigenvalue weighted by atomic mass is 10.0. The van der Waals surface area contributed by atoms with Gasteiger partial charge in [0, 0.05) is 11.8 Å². The van der Waals surface area contributed by atoms with Gasteiger partial charge in [-0.1, -0.05) is 18.0 Å². The van der Waals surface area contributed by atoms with Gasteiger partial charge in [-0.15, -0.1) is 0 Å². The quantitative estimate of drug-likeness (QED) is 0.378. The standard InChI is InChI=1S/C18H16ClFN6O2.C8H15NO/c1-10-16(24-25-23-10)11-5-14(17-13(19)7-22-26(17)8-11)28-9-18(2,27)15-4-3-12(20)6-21-15;1-2-4-9(5-3-1)8-6-10-7-8/h3-8,27H,9H2,1-2H3,(H,23,24,25);8H,1-7H2/t18-;/m0./s1. The SMILES string of the molecule is C1CCN(C2COC2)CC1.Cc1n[nH]nc1-c1cc(OC[C@](C)(O)c2ccc(F)cn2)c2c(Cl)cnn2c1. The first-order valence-corrected chi connectivity index (χ1v) is 13.0. The molecule has 4 aromatic rings. The van der Waals surface area contributed by atoms with Gasteiger partial charge >= 0.3 is 0 Å². The molecule has 0 bridgehead atoms. The van der Waals surface area contributed by atoms with E-state index in [1.54, 1.807) is 16.8 Å². The van der Waals surface area contributed by atoms with Crippen LogP contribution in [0.5, 0.6) is 5.75 Å². The van der Waals surface area contributed by atoms with Crippen molar-refractivity contribution in [3.05, 3.63) is 59.0 Å². The largest absolute Gasteiger partial charge is 0.488 e. The molecule has 0 spiro atoms. The highest BCUT2D eigenvalue weighted by Gasteiger charge is 2.28. The highest BCUT2D eigenvalue weighted by atomic mass is 35.5. The maximum absolute atomic E-state index is 13.1. The maximum Gasteiger partial charge on any atom is 0.147 e. The molecule has 0 amide bonds. The monoisotopic (exact) mass is 543 g/mol. The topological polar surface area (TPSA) is 114 Å². The number of rotatable bonds is 6. The number of aromatic nitrogens is 6. The van der Waals surface area contributed by atoms with Crippen LogP contribution in [0, 0.1) is 12.7 Å². The molecular weight excluding hydrogens is 513 g/mol. The number of hydrogen-bond acceptors (Lipinski definition) is 8. The van der Waals surface area contributed by atoms with Crippen LogP contribution in [-0.2, 0) is 10.3 Å². The Kier molecular flexibility index (Phi) is 7.89. The van der Waals surface area contributed by atoms with E-state index in [0.717, 1.165) is 25.5 Å². The molecule has 1 atom stereocenters. The van der Waals surface area contributed by atoms with E-state index in [-0.39, 0.29) is 12.3 Å². The number of likely N-dealkylation sites (tertiary alicyclic amines) is 1. The number of hydrogen-bond donors (Lipinski definition) is 2. The number of H-pyrrole nitrogens is 1. The summed E-state index contributed by atoms with van der Waals surface area (Å²) in [7, 11) is 0. The number of aromatic amines is 1. The van der Waals surface area contributed by atoms with Gasteiger partial charge in [0.1, 0.15) is 35.0 Å². The molecule has 4 aromatic heterocycles. The molecule has 2 aliphatic rings. The van der Waals surface area contributed by atoms with Crippen molar-refractivity contribution in [3.63, 3.8) is 0 Å². The van der Waals surface area contributed by atoms with Gasteiger partial charge in [-0.2, -0.15) is 20.5 Å². The second-order valence-corrected chi connectivity index (χ2v) is 10.3. The molecule has 2 fully saturated rings.